The molecule has 0 spiro atoms. The van der Waals surface area contributed by atoms with Gasteiger partial charge in [-0.05, 0) is 23.8 Å². The first-order valence-electron chi connectivity index (χ1n) is 6.45. The predicted octanol–water partition coefficient (Wildman–Crippen LogP) is 3.65. The van der Waals surface area contributed by atoms with Crippen molar-refractivity contribution in [1.82, 2.24) is 0 Å². The lowest BCUT2D eigenvalue weighted by Gasteiger charge is -2.21. The first kappa shape index (κ1) is 15.9. The summed E-state index contributed by atoms with van der Waals surface area (Å²) >= 11 is 5.86. The fourth-order valence-electron chi connectivity index (χ4n) is 2.14. The van der Waals surface area contributed by atoms with Crippen molar-refractivity contribution in [2.45, 2.75) is 12.7 Å². The van der Waals surface area contributed by atoms with E-state index in [0.29, 0.717) is 22.8 Å². The van der Waals surface area contributed by atoms with Gasteiger partial charge in [0.1, 0.15) is 5.75 Å². The maximum absolute atomic E-state index is 11.0. The van der Waals surface area contributed by atoms with Gasteiger partial charge in [0.15, 0.2) is 8.03 Å². The Hall–Kier alpha value is -1.48. The summed E-state index contributed by atoms with van der Waals surface area (Å²) in [4.78, 5) is 10.9. The third-order valence-corrected chi connectivity index (χ3v) is 4.12. The average Bonchev–Trinajstić information content (AvgIpc) is 2.43. The van der Waals surface area contributed by atoms with E-state index in [0.717, 1.165) is 5.56 Å². The van der Waals surface area contributed by atoms with E-state index in [-0.39, 0.29) is 11.9 Å². The summed E-state index contributed by atoms with van der Waals surface area (Å²) in [5, 5.41) is 10.9. The molecule has 0 saturated heterocycles. The maximum atomic E-state index is 11.0. The summed E-state index contributed by atoms with van der Waals surface area (Å²) in [6.07, 6.45) is -0.0148. The Morgan fingerprint density at radius 3 is 2.48 bits per heavy atom. The molecule has 6 heteroatoms. The molecule has 1 atom stereocenters. The lowest BCUT2D eigenvalue weighted by molar-refractivity contribution is 0.466. The quantitative estimate of drug-likeness (QED) is 0.824. The molecule has 0 amide bonds. The van der Waals surface area contributed by atoms with Gasteiger partial charge in [-0.2, -0.15) is 0 Å². The number of rotatable bonds is 5. The summed E-state index contributed by atoms with van der Waals surface area (Å²) in [5.41, 5.74) is 2.18. The molecule has 1 unspecified atom stereocenters. The normalized spacial score (nSPS) is 12.1. The van der Waals surface area contributed by atoms with Crippen LogP contribution in [-0.4, -0.2) is 17.0 Å². The van der Waals surface area contributed by atoms with Gasteiger partial charge < -0.3 is 14.9 Å². The van der Waals surface area contributed by atoms with Crippen LogP contribution in [0, 0.1) is 0 Å². The zero-order chi connectivity index (χ0) is 15.4. The van der Waals surface area contributed by atoms with Crippen LogP contribution < -0.4 is 4.90 Å². The van der Waals surface area contributed by atoms with Gasteiger partial charge in [-0.3, -0.25) is 4.57 Å². The number of benzene rings is 2. The van der Waals surface area contributed by atoms with Crippen molar-refractivity contribution in [1.29, 1.82) is 0 Å². The van der Waals surface area contributed by atoms with Gasteiger partial charge in [0.2, 0.25) is 0 Å². The first-order chi connectivity index (χ1) is 9.97. The Morgan fingerprint density at radius 2 is 1.86 bits per heavy atom. The molecule has 0 aliphatic carbocycles. The van der Waals surface area contributed by atoms with Crippen molar-refractivity contribution in [3.05, 3.63) is 58.6 Å². The van der Waals surface area contributed by atoms with Crippen LogP contribution in [-0.2, 0) is 17.3 Å². The molecular weight excluding hydrogens is 309 g/mol. The Labute approximate surface area is 129 Å². The SMILES string of the molecule is CN(Cc1ccc(Cl)cc1)c1cccc(C[PH](=O)O)c1O. The molecule has 2 aromatic carbocycles. The molecule has 0 radical (unpaired) electrons. The fraction of sp³-hybridized carbons (Fsp3) is 0.200. The molecule has 21 heavy (non-hydrogen) atoms. The molecule has 4 nitrogen and oxygen atoms in total. The molecule has 0 aliphatic rings. The van der Waals surface area contributed by atoms with Crippen LogP contribution in [0.1, 0.15) is 11.1 Å². The minimum atomic E-state index is -2.66. The van der Waals surface area contributed by atoms with E-state index in [9.17, 15) is 9.67 Å². The number of nitrogens with zero attached hydrogens (tertiary/aromatic N) is 1. The third-order valence-electron chi connectivity index (χ3n) is 3.18. The number of phenols is 1. The van der Waals surface area contributed by atoms with E-state index >= 15 is 0 Å². The van der Waals surface area contributed by atoms with Gasteiger partial charge in [-0.1, -0.05) is 35.9 Å². The summed E-state index contributed by atoms with van der Waals surface area (Å²) in [7, 11) is -0.800. The highest BCUT2D eigenvalue weighted by molar-refractivity contribution is 7.37. The van der Waals surface area contributed by atoms with E-state index in [4.69, 9.17) is 16.5 Å². The highest BCUT2D eigenvalue weighted by Crippen LogP contribution is 2.35. The predicted molar refractivity (Wildman–Crippen MR) is 86.6 cm³/mol. The second-order valence-electron chi connectivity index (χ2n) is 4.84. The maximum Gasteiger partial charge on any atom is 0.193 e. The molecule has 0 heterocycles. The highest BCUT2D eigenvalue weighted by Gasteiger charge is 2.12. The van der Waals surface area contributed by atoms with Crippen LogP contribution in [0.25, 0.3) is 0 Å². The van der Waals surface area contributed by atoms with Crippen LogP contribution >= 0.6 is 19.6 Å². The number of aromatic hydroxyl groups is 1. The summed E-state index contributed by atoms with van der Waals surface area (Å²) in [5.74, 6) is 0.0568. The minimum Gasteiger partial charge on any atom is -0.505 e. The van der Waals surface area contributed by atoms with Gasteiger partial charge in [0, 0.05) is 24.2 Å². The van der Waals surface area contributed by atoms with Crippen LogP contribution in [0.2, 0.25) is 5.02 Å². The van der Waals surface area contributed by atoms with Crippen molar-refractivity contribution >= 4 is 25.3 Å². The molecule has 0 saturated carbocycles. The van der Waals surface area contributed by atoms with Crippen LogP contribution in [0.5, 0.6) is 5.75 Å². The lowest BCUT2D eigenvalue weighted by atomic mass is 10.1. The average molecular weight is 326 g/mol. The molecule has 0 fully saturated rings. The minimum absolute atomic E-state index is 0.0148. The summed E-state index contributed by atoms with van der Waals surface area (Å²) in [6.45, 7) is 0.600. The van der Waals surface area contributed by atoms with Crippen LogP contribution in [0.3, 0.4) is 0 Å². The number of hydrogen-bond donors (Lipinski definition) is 2. The Bertz CT molecular complexity index is 646. The van der Waals surface area contributed by atoms with E-state index in [1.165, 1.54) is 0 Å². The molecule has 2 aromatic rings. The Morgan fingerprint density at radius 1 is 1.19 bits per heavy atom. The third kappa shape index (κ3) is 4.24. The van der Waals surface area contributed by atoms with Gasteiger partial charge in [-0.15, -0.1) is 0 Å². The molecule has 2 rings (SSSR count). The molecular formula is C15H17ClNO3P. The van der Waals surface area contributed by atoms with Crippen molar-refractivity contribution in [3.63, 3.8) is 0 Å². The second kappa shape index (κ2) is 6.99. The Kier molecular flexibility index (Phi) is 5.29. The van der Waals surface area contributed by atoms with E-state index in [1.54, 1.807) is 18.2 Å². The molecule has 0 bridgehead atoms. The number of halogens is 1. The van der Waals surface area contributed by atoms with E-state index < -0.39 is 8.03 Å². The number of para-hydroxylation sites is 1. The zero-order valence-corrected chi connectivity index (χ0v) is 13.3. The summed E-state index contributed by atoms with van der Waals surface area (Å²) in [6, 6.07) is 12.7. The molecule has 2 N–H and O–H groups in total. The molecule has 112 valence electrons. The first-order valence-corrected chi connectivity index (χ1v) is 8.39. The molecule has 0 aliphatic heterocycles. The largest absolute Gasteiger partial charge is 0.505 e. The Balaban J connectivity index is 2.20. The fourth-order valence-corrected chi connectivity index (χ4v) is 2.88. The molecule has 0 aromatic heterocycles. The van der Waals surface area contributed by atoms with E-state index in [1.807, 2.05) is 36.2 Å². The van der Waals surface area contributed by atoms with Crippen molar-refractivity contribution in [2.75, 3.05) is 11.9 Å². The van der Waals surface area contributed by atoms with Crippen molar-refractivity contribution < 1.29 is 14.6 Å². The van der Waals surface area contributed by atoms with E-state index in [2.05, 4.69) is 0 Å². The van der Waals surface area contributed by atoms with Gasteiger partial charge in [-0.25, -0.2) is 0 Å². The van der Waals surface area contributed by atoms with Gasteiger partial charge in [0.05, 0.1) is 11.8 Å². The van der Waals surface area contributed by atoms with Crippen molar-refractivity contribution in [3.8, 4) is 5.75 Å². The topological polar surface area (TPSA) is 60.8 Å². The van der Waals surface area contributed by atoms with Crippen molar-refractivity contribution in [2.24, 2.45) is 0 Å². The monoisotopic (exact) mass is 325 g/mol. The van der Waals surface area contributed by atoms with Crippen LogP contribution in [0.4, 0.5) is 5.69 Å². The number of anilines is 1. The highest BCUT2D eigenvalue weighted by atomic mass is 35.5. The van der Waals surface area contributed by atoms with Crippen LogP contribution in [0.15, 0.2) is 42.5 Å². The summed E-state index contributed by atoms with van der Waals surface area (Å²) < 4.78 is 11.0. The van der Waals surface area contributed by atoms with Gasteiger partial charge >= 0.3 is 0 Å². The second-order valence-corrected chi connectivity index (χ2v) is 6.42. The number of phenolic OH excluding ortho intramolecular Hbond substituents is 1. The zero-order valence-electron chi connectivity index (χ0n) is 11.6. The smallest absolute Gasteiger partial charge is 0.193 e. The van der Waals surface area contributed by atoms with Gasteiger partial charge in [0.25, 0.3) is 0 Å². The number of hydrogen-bond acceptors (Lipinski definition) is 3. The lowest BCUT2D eigenvalue weighted by Crippen LogP contribution is -2.16. The standard InChI is InChI=1S/C15H17ClNO3P/c1-17(9-11-5-7-13(16)8-6-11)14-4-2-3-12(15(14)18)10-21(19)20/h2-8,18,21H,9-10H2,1H3,(H,19,20).